The third-order valence-corrected chi connectivity index (χ3v) is 8.32. The molecule has 0 aliphatic rings. The summed E-state index contributed by atoms with van der Waals surface area (Å²) in [5, 5.41) is 3.66. The molecule has 16 heteroatoms. The molecule has 33 heavy (non-hydrogen) atoms. The molecule has 0 saturated carbocycles. The normalized spacial score (nSPS) is 14.0. The number of rotatable bonds is 9. The second-order valence-corrected chi connectivity index (χ2v) is 11.3. The fraction of sp³-hybridized carbons (Fsp3) is 0.235. The Labute approximate surface area is 195 Å². The molecule has 0 unspecified atom stereocenters. The number of halogens is 3. The number of hydrogen-bond acceptors (Lipinski definition) is 9. The lowest BCUT2D eigenvalue weighted by Gasteiger charge is -2.28. The summed E-state index contributed by atoms with van der Waals surface area (Å²) in [7, 11) is -9.51. The smallest absolute Gasteiger partial charge is 0.273 e. The van der Waals surface area contributed by atoms with Gasteiger partial charge in [-0.3, -0.25) is 4.55 Å². The first-order chi connectivity index (χ1) is 15.3. The number of thiophene rings is 1. The van der Waals surface area contributed by atoms with Gasteiger partial charge in [0.15, 0.2) is 0 Å². The largest absolute Gasteiger partial charge is 0.402 e. The lowest BCUT2D eigenvalue weighted by molar-refractivity contribution is -0.140. The van der Waals surface area contributed by atoms with E-state index in [9.17, 15) is 34.6 Å². The molecule has 180 valence electrons. The van der Waals surface area contributed by atoms with Crippen molar-refractivity contribution in [3.63, 3.8) is 0 Å². The summed E-state index contributed by atoms with van der Waals surface area (Å²) in [6.07, 6.45) is -5.29. The molecule has 0 radical (unpaired) electrons. The third-order valence-electron chi connectivity index (χ3n) is 4.34. The molecule has 0 aliphatic carbocycles. The van der Waals surface area contributed by atoms with Crippen LogP contribution in [0.3, 0.4) is 0 Å². The van der Waals surface area contributed by atoms with E-state index in [0.717, 1.165) is 28.3 Å². The zero-order valence-corrected chi connectivity index (χ0v) is 19.6. The van der Waals surface area contributed by atoms with E-state index >= 15 is 0 Å². The first-order valence-electron chi connectivity index (χ1n) is 8.83. The molecule has 3 rings (SSSR count). The van der Waals surface area contributed by atoms with E-state index in [0.29, 0.717) is 5.01 Å². The van der Waals surface area contributed by atoms with Gasteiger partial charge < -0.3 is 0 Å². The number of aromatic nitrogens is 1. The molecule has 1 aromatic carbocycles. The predicted molar refractivity (Wildman–Crippen MR) is 115 cm³/mol. The Kier molecular flexibility index (Phi) is 7.59. The van der Waals surface area contributed by atoms with Gasteiger partial charge in [-0.15, -0.1) is 22.7 Å². The van der Waals surface area contributed by atoms with Crippen molar-refractivity contribution in [2.45, 2.75) is 23.5 Å². The Balaban J connectivity index is 2.03. The van der Waals surface area contributed by atoms with E-state index in [-0.39, 0.29) is 26.9 Å². The van der Waals surface area contributed by atoms with Gasteiger partial charge in [-0.25, -0.2) is 4.98 Å². The van der Waals surface area contributed by atoms with Gasteiger partial charge in [0.25, 0.3) is 0 Å². The van der Waals surface area contributed by atoms with Crippen LogP contribution in [-0.2, 0) is 31.1 Å². The zero-order valence-electron chi connectivity index (χ0n) is 16.3. The maximum Gasteiger partial charge on any atom is 0.402 e. The van der Waals surface area contributed by atoms with Gasteiger partial charge in [0.1, 0.15) is 11.6 Å². The standard InChI is InChI=1S/C17H16F3N3O6S4/c18-17(19,20)10-23(33(26,27)28)14(13-9-31-16(22-13)15-2-1-7-30-15)8-11-3-5-12(6-4-11)32(24,25)29-21/h1-7,9,14H,8,10,21H2,(H,26,27,28)/t14-/m0/s1. The lowest BCUT2D eigenvalue weighted by Crippen LogP contribution is -2.42. The molecule has 9 nitrogen and oxygen atoms in total. The Hall–Kier alpha value is -1.92. The summed E-state index contributed by atoms with van der Waals surface area (Å²) in [5.41, 5.74) is 0.268. The van der Waals surface area contributed by atoms with Crippen LogP contribution in [0.25, 0.3) is 9.88 Å². The fourth-order valence-electron chi connectivity index (χ4n) is 2.91. The number of nitrogens with zero attached hydrogens (tertiary/aromatic N) is 2. The van der Waals surface area contributed by atoms with Crippen LogP contribution in [0.15, 0.2) is 52.1 Å². The summed E-state index contributed by atoms with van der Waals surface area (Å²) in [5.74, 6) is 4.72. The topological polar surface area (TPSA) is 140 Å². The molecule has 0 fully saturated rings. The number of benzene rings is 1. The molecule has 3 aromatic rings. The number of alkyl halides is 3. The molecular formula is C17H16F3N3O6S4. The van der Waals surface area contributed by atoms with Crippen LogP contribution < -0.4 is 5.90 Å². The first-order valence-corrected chi connectivity index (χ1v) is 13.4. The first kappa shape index (κ1) is 25.7. The van der Waals surface area contributed by atoms with Crippen molar-refractivity contribution in [1.82, 2.24) is 9.29 Å². The van der Waals surface area contributed by atoms with Crippen LogP contribution in [0.4, 0.5) is 13.2 Å². The van der Waals surface area contributed by atoms with Crippen molar-refractivity contribution in [1.29, 1.82) is 0 Å². The maximum absolute atomic E-state index is 13.2. The summed E-state index contributed by atoms with van der Waals surface area (Å²) < 4.78 is 100. The Bertz CT molecular complexity index is 1290. The van der Waals surface area contributed by atoms with E-state index in [1.54, 1.807) is 17.5 Å². The highest BCUT2D eigenvalue weighted by atomic mass is 32.2. The van der Waals surface area contributed by atoms with Gasteiger partial charge in [-0.05, 0) is 35.6 Å². The van der Waals surface area contributed by atoms with Crippen molar-refractivity contribution in [3.05, 3.63) is 58.4 Å². The van der Waals surface area contributed by atoms with Crippen LogP contribution in [0, 0.1) is 0 Å². The fourth-order valence-corrected chi connectivity index (χ4v) is 5.98. The average Bonchev–Trinajstić information content (AvgIpc) is 3.41. The van der Waals surface area contributed by atoms with E-state index < -0.39 is 39.2 Å². The molecule has 3 N–H and O–H groups in total. The van der Waals surface area contributed by atoms with E-state index in [4.69, 9.17) is 5.90 Å². The Morgan fingerprint density at radius 3 is 2.30 bits per heavy atom. The van der Waals surface area contributed by atoms with E-state index in [1.807, 2.05) is 0 Å². The van der Waals surface area contributed by atoms with Crippen molar-refractivity contribution in [2.75, 3.05) is 6.54 Å². The number of thiazole rings is 1. The van der Waals surface area contributed by atoms with Crippen LogP contribution in [0.5, 0.6) is 0 Å². The molecular weight excluding hydrogens is 527 g/mol. The number of nitrogens with two attached hydrogens (primary N) is 1. The molecule has 2 aromatic heterocycles. The van der Waals surface area contributed by atoms with Crippen LogP contribution in [-0.4, -0.2) is 43.4 Å². The van der Waals surface area contributed by atoms with Crippen molar-refractivity contribution in [2.24, 2.45) is 5.90 Å². The summed E-state index contributed by atoms with van der Waals surface area (Å²) >= 11 is 2.45. The SMILES string of the molecule is NOS(=O)(=O)c1ccc(C[C@@H](c2csc(-c3cccs3)n2)N(CC(F)(F)F)S(=O)(=O)O)cc1. The molecule has 2 heterocycles. The lowest BCUT2D eigenvalue weighted by atomic mass is 10.0. The van der Waals surface area contributed by atoms with Gasteiger partial charge in [0.05, 0.1) is 21.5 Å². The van der Waals surface area contributed by atoms with Crippen molar-refractivity contribution in [3.8, 4) is 9.88 Å². The highest BCUT2D eigenvalue weighted by Crippen LogP contribution is 2.35. The second-order valence-electron chi connectivity index (χ2n) is 6.61. The molecule has 0 amide bonds. The van der Waals surface area contributed by atoms with Crippen molar-refractivity contribution >= 4 is 43.1 Å². The quantitative estimate of drug-likeness (QED) is 0.309. The molecule has 1 atom stereocenters. The summed E-state index contributed by atoms with van der Waals surface area (Å²) in [6.45, 7) is -1.95. The molecule has 0 saturated heterocycles. The summed E-state index contributed by atoms with van der Waals surface area (Å²) in [6, 6.07) is 6.72. The molecule has 0 aliphatic heterocycles. The summed E-state index contributed by atoms with van der Waals surface area (Å²) in [4.78, 5) is 4.72. The van der Waals surface area contributed by atoms with Crippen LogP contribution in [0.2, 0.25) is 0 Å². The average molecular weight is 544 g/mol. The number of hydrogen-bond donors (Lipinski definition) is 2. The van der Waals surface area contributed by atoms with Gasteiger partial charge >= 0.3 is 26.6 Å². The van der Waals surface area contributed by atoms with Gasteiger partial charge in [0.2, 0.25) is 0 Å². The molecule has 0 bridgehead atoms. The third kappa shape index (κ3) is 6.57. The zero-order chi connectivity index (χ0) is 24.4. The Morgan fingerprint density at radius 1 is 1.12 bits per heavy atom. The monoisotopic (exact) mass is 543 g/mol. The predicted octanol–water partition coefficient (Wildman–Crippen LogP) is 3.40. The highest BCUT2D eigenvalue weighted by Gasteiger charge is 2.41. The van der Waals surface area contributed by atoms with Crippen LogP contribution >= 0.6 is 22.7 Å². The van der Waals surface area contributed by atoms with Gasteiger partial charge in [0, 0.05) is 5.38 Å². The maximum atomic E-state index is 13.2. The molecule has 0 spiro atoms. The van der Waals surface area contributed by atoms with Gasteiger partial charge in [-0.1, -0.05) is 18.2 Å². The van der Waals surface area contributed by atoms with Gasteiger partial charge in [-0.2, -0.15) is 44.5 Å². The minimum Gasteiger partial charge on any atom is -0.273 e. The highest BCUT2D eigenvalue weighted by molar-refractivity contribution is 7.86. The van der Waals surface area contributed by atoms with Crippen molar-refractivity contribution < 1.29 is 38.8 Å². The van der Waals surface area contributed by atoms with E-state index in [2.05, 4.69) is 9.27 Å². The Morgan fingerprint density at radius 2 is 1.79 bits per heavy atom. The van der Waals surface area contributed by atoms with Crippen LogP contribution in [0.1, 0.15) is 17.3 Å². The van der Waals surface area contributed by atoms with E-state index in [1.165, 1.54) is 28.8 Å². The second kappa shape index (κ2) is 9.75. The minimum absolute atomic E-state index is 0.00716. The minimum atomic E-state index is -5.30.